The van der Waals surface area contributed by atoms with E-state index in [2.05, 4.69) is 26.6 Å². The molecule has 0 radical (unpaired) electrons. The Morgan fingerprint density at radius 1 is 0.458 bits per heavy atom. The highest BCUT2D eigenvalue weighted by Crippen LogP contribution is 2.23. The SMILES string of the molecule is C/C=C/C[C@@H](C)[C@@H](O)[C@H]1C(=O)N[C@@H]([C@@H](C)O)C(=O)N(C)CC(=O)N(C)[C@H](CC(C)C)C(=O)N[C@@H](CC(C)C)C(=O)N(C)[C@H](CC(C)C)C(=O)N[C@@H](C)C(=O)N[C@H](C)C(=O)N(C)[C@@H](CC(C)C)C(=O)N[C@@H](C)C(=O)N(C)[C@@H](C(C)C)C(=O)N1C. The van der Waals surface area contributed by atoms with Crippen molar-refractivity contribution in [1.82, 2.24) is 56.0 Å². The molecule has 0 spiro atoms. The van der Waals surface area contributed by atoms with Crippen molar-refractivity contribution >= 4 is 65.0 Å². The summed E-state index contributed by atoms with van der Waals surface area (Å²) in [5.41, 5.74) is 0. The van der Waals surface area contributed by atoms with Crippen LogP contribution in [0.1, 0.15) is 143 Å². The number of aliphatic hydroxyl groups excluding tert-OH is 2. The highest BCUT2D eigenvalue weighted by Gasteiger charge is 2.45. The summed E-state index contributed by atoms with van der Waals surface area (Å²) in [4.78, 5) is 164. The largest absolute Gasteiger partial charge is 0.391 e. The Morgan fingerprint density at radius 3 is 1.29 bits per heavy atom. The molecule has 1 rings (SSSR count). The summed E-state index contributed by atoms with van der Waals surface area (Å²) >= 11 is 0. The van der Waals surface area contributed by atoms with Gasteiger partial charge in [0.1, 0.15) is 60.4 Å². The van der Waals surface area contributed by atoms with Gasteiger partial charge in [-0.3, -0.25) is 52.7 Å². The Bertz CT molecular complexity index is 2270. The highest BCUT2D eigenvalue weighted by molar-refractivity contribution is 5.99. The van der Waals surface area contributed by atoms with E-state index in [4.69, 9.17) is 0 Å². The quantitative estimate of drug-likeness (QED) is 0.121. The molecule has 474 valence electrons. The molecule has 0 aromatic heterocycles. The van der Waals surface area contributed by atoms with Crippen LogP contribution in [0.5, 0.6) is 0 Å². The first-order chi connectivity index (χ1) is 38.2. The van der Waals surface area contributed by atoms with Crippen LogP contribution in [-0.4, -0.2) is 226 Å². The second kappa shape index (κ2) is 34.0. The molecule has 0 unspecified atom stereocenters. The lowest BCUT2D eigenvalue weighted by molar-refractivity contribution is -0.154. The van der Waals surface area contributed by atoms with Gasteiger partial charge in [0.05, 0.1) is 18.8 Å². The van der Waals surface area contributed by atoms with Crippen molar-refractivity contribution in [2.24, 2.45) is 35.5 Å². The first-order valence-corrected chi connectivity index (χ1v) is 29.3. The van der Waals surface area contributed by atoms with Crippen LogP contribution in [-0.2, 0) is 52.7 Å². The third-order valence-corrected chi connectivity index (χ3v) is 15.1. The van der Waals surface area contributed by atoms with Gasteiger partial charge in [-0.2, -0.15) is 0 Å². The molecular formula is C59H105N11O13. The van der Waals surface area contributed by atoms with Gasteiger partial charge >= 0.3 is 0 Å². The molecule has 1 aliphatic heterocycles. The molecular weight excluding hydrogens is 1070 g/mol. The summed E-state index contributed by atoms with van der Waals surface area (Å²) in [5, 5.41) is 36.4. The average Bonchev–Trinajstić information content (AvgIpc) is 3.59. The molecule has 1 aliphatic rings. The fourth-order valence-electron chi connectivity index (χ4n) is 10.1. The highest BCUT2D eigenvalue weighted by atomic mass is 16.3. The molecule has 1 fully saturated rings. The van der Waals surface area contributed by atoms with E-state index in [1.165, 1.54) is 79.8 Å². The zero-order valence-corrected chi connectivity index (χ0v) is 53.9. The molecule has 0 aliphatic carbocycles. The van der Waals surface area contributed by atoms with E-state index in [0.29, 0.717) is 0 Å². The van der Waals surface area contributed by atoms with Gasteiger partial charge in [-0.05, 0) is 102 Å². The minimum atomic E-state index is -1.74. The number of hydrogen-bond donors (Lipinski definition) is 7. The maximum atomic E-state index is 14.8. The fraction of sp³-hybridized carbons (Fsp3) is 0.780. The van der Waals surface area contributed by atoms with Crippen LogP contribution in [0.2, 0.25) is 0 Å². The van der Waals surface area contributed by atoms with Crippen molar-refractivity contribution in [1.29, 1.82) is 0 Å². The smallest absolute Gasteiger partial charge is 0.248 e. The fourth-order valence-corrected chi connectivity index (χ4v) is 10.1. The molecule has 83 heavy (non-hydrogen) atoms. The summed E-state index contributed by atoms with van der Waals surface area (Å²) in [6.07, 6.45) is 1.10. The zero-order chi connectivity index (χ0) is 64.4. The third kappa shape index (κ3) is 21.8. The first kappa shape index (κ1) is 74.8. The van der Waals surface area contributed by atoms with Gasteiger partial charge in [0, 0.05) is 42.3 Å². The number of nitrogens with zero attached hydrogens (tertiary/aromatic N) is 6. The normalized spacial score (nSPS) is 27.5. The topological polar surface area (TPSA) is 308 Å². The van der Waals surface area contributed by atoms with E-state index in [0.717, 1.165) is 19.6 Å². The molecule has 0 aromatic carbocycles. The summed E-state index contributed by atoms with van der Waals surface area (Å²) in [7, 11) is 8.06. The lowest BCUT2D eigenvalue weighted by Crippen LogP contribution is -2.64. The van der Waals surface area contributed by atoms with Gasteiger partial charge in [0.2, 0.25) is 65.0 Å². The molecule has 0 saturated carbocycles. The molecule has 13 atom stereocenters. The van der Waals surface area contributed by atoms with Crippen molar-refractivity contribution in [3.05, 3.63) is 12.2 Å². The van der Waals surface area contributed by atoms with Gasteiger partial charge in [0.25, 0.3) is 0 Å². The van der Waals surface area contributed by atoms with E-state index in [1.54, 1.807) is 39.8 Å². The molecule has 1 heterocycles. The van der Waals surface area contributed by atoms with Gasteiger partial charge < -0.3 is 66.2 Å². The van der Waals surface area contributed by atoms with Crippen molar-refractivity contribution < 1.29 is 63.0 Å². The lowest BCUT2D eigenvalue weighted by atomic mass is 9.91. The summed E-state index contributed by atoms with van der Waals surface area (Å²) in [6, 6.07) is -13.2. The number of likely N-dealkylation sites (N-methyl/N-ethyl adjacent to an activating group) is 6. The molecule has 7 N–H and O–H groups in total. The summed E-state index contributed by atoms with van der Waals surface area (Å²) < 4.78 is 0. The van der Waals surface area contributed by atoms with Gasteiger partial charge in [-0.15, -0.1) is 0 Å². The lowest BCUT2D eigenvalue weighted by Gasteiger charge is -2.40. The third-order valence-electron chi connectivity index (χ3n) is 15.1. The summed E-state index contributed by atoms with van der Waals surface area (Å²) in [5.74, 6) is -10.3. The van der Waals surface area contributed by atoms with Gasteiger partial charge in [0.15, 0.2) is 0 Å². The van der Waals surface area contributed by atoms with Crippen LogP contribution in [0, 0.1) is 35.5 Å². The maximum Gasteiger partial charge on any atom is 0.248 e. The van der Waals surface area contributed by atoms with E-state index in [9.17, 15) is 63.0 Å². The molecule has 24 nitrogen and oxygen atoms in total. The average molecular weight is 1180 g/mol. The number of aliphatic hydroxyl groups is 2. The standard InChI is InChI=1S/C59H105N11O13/c1-23-24-25-36(12)49(73)48-54(78)64-46(40(16)71)58(82)65(17)30-45(72)66(18)42(27-32(4)5)53(77)63-41(26-31(2)3)57(81)68(20)44(29-34(8)9)51(75)60-37(13)50(74)61-38(14)55(79)67(19)43(28-33(6)7)52(76)62-39(15)56(80)69(21)47(35(10)11)59(83)70(48)22/h23-24,31-44,46-49,71,73H,25-30H2,1-22H3,(H,60,75)(H,61,74)(H,62,76)(H,63,77)(H,64,78)/b24-23+/t36-,37+,38-,39+,40-,41+,42-,43+,44-,46+,47+,48+,49-/m1/s1. The van der Waals surface area contributed by atoms with Crippen molar-refractivity contribution in [3.63, 3.8) is 0 Å². The molecule has 0 aromatic rings. The van der Waals surface area contributed by atoms with E-state index in [1.807, 2.05) is 55.4 Å². The van der Waals surface area contributed by atoms with Crippen LogP contribution in [0.25, 0.3) is 0 Å². The van der Waals surface area contributed by atoms with E-state index in [-0.39, 0.29) is 55.8 Å². The van der Waals surface area contributed by atoms with Crippen LogP contribution in [0.15, 0.2) is 12.2 Å². The maximum absolute atomic E-state index is 14.8. The van der Waals surface area contributed by atoms with Crippen molar-refractivity contribution in [2.75, 3.05) is 48.8 Å². The van der Waals surface area contributed by atoms with Crippen molar-refractivity contribution in [3.8, 4) is 0 Å². The molecule has 24 heteroatoms. The van der Waals surface area contributed by atoms with Crippen LogP contribution in [0.3, 0.4) is 0 Å². The molecule has 11 amide bonds. The zero-order valence-electron chi connectivity index (χ0n) is 53.9. The number of carbonyl (C=O) groups excluding carboxylic acids is 11. The minimum Gasteiger partial charge on any atom is -0.391 e. The van der Waals surface area contributed by atoms with Crippen LogP contribution >= 0.6 is 0 Å². The predicted octanol–water partition coefficient (Wildman–Crippen LogP) is 1.26. The van der Waals surface area contributed by atoms with Crippen LogP contribution in [0.4, 0.5) is 0 Å². The van der Waals surface area contributed by atoms with E-state index < -0.39 is 156 Å². The second-order valence-corrected chi connectivity index (χ2v) is 24.9. The monoisotopic (exact) mass is 1180 g/mol. The second-order valence-electron chi connectivity index (χ2n) is 24.9. The number of allylic oxidation sites excluding steroid dienone is 2. The Hall–Kier alpha value is -6.17. The molecule has 1 saturated heterocycles. The Kier molecular flexibility index (Phi) is 30.6. The number of nitrogens with one attached hydrogen (secondary N) is 5. The van der Waals surface area contributed by atoms with E-state index >= 15 is 0 Å². The Balaban J connectivity index is 4.22. The number of hydrogen-bond acceptors (Lipinski definition) is 13. The Labute approximate surface area is 494 Å². The number of carbonyl (C=O) groups is 11. The van der Waals surface area contributed by atoms with Gasteiger partial charge in [-0.1, -0.05) is 88.3 Å². The van der Waals surface area contributed by atoms with Gasteiger partial charge in [-0.25, -0.2) is 0 Å². The number of amides is 11. The van der Waals surface area contributed by atoms with Crippen LogP contribution < -0.4 is 26.6 Å². The number of rotatable bonds is 14. The first-order valence-electron chi connectivity index (χ1n) is 29.3. The predicted molar refractivity (Wildman–Crippen MR) is 316 cm³/mol. The minimum absolute atomic E-state index is 0.117. The Morgan fingerprint density at radius 2 is 0.855 bits per heavy atom. The van der Waals surface area contributed by atoms with Crippen molar-refractivity contribution in [2.45, 2.75) is 216 Å². The molecule has 0 bridgehead atoms. The summed E-state index contributed by atoms with van der Waals surface area (Å²) in [6.45, 7) is 26.3.